The maximum absolute atomic E-state index is 5.93. The number of ether oxygens (including phenoxy) is 1. The van der Waals surface area contributed by atoms with Gasteiger partial charge in [-0.05, 0) is 50.8 Å². The number of nitrogens with one attached hydrogen (secondary N) is 1. The van der Waals surface area contributed by atoms with Gasteiger partial charge in [0.05, 0.1) is 6.61 Å². The Labute approximate surface area is 112 Å². The first-order valence-corrected chi connectivity index (χ1v) is 7.08. The Kier molecular flexibility index (Phi) is 6.81. The van der Waals surface area contributed by atoms with Crippen molar-refractivity contribution in [2.24, 2.45) is 0 Å². The van der Waals surface area contributed by atoms with Crippen molar-refractivity contribution in [2.75, 3.05) is 13.7 Å². The van der Waals surface area contributed by atoms with Gasteiger partial charge in [0, 0.05) is 6.04 Å². The third-order valence-electron chi connectivity index (χ3n) is 3.59. The van der Waals surface area contributed by atoms with E-state index in [-0.39, 0.29) is 0 Å². The first kappa shape index (κ1) is 15.0. The van der Waals surface area contributed by atoms with Crippen molar-refractivity contribution in [3.63, 3.8) is 0 Å². The molecule has 1 aromatic carbocycles. The molecule has 0 spiro atoms. The first-order valence-electron chi connectivity index (χ1n) is 7.08. The lowest BCUT2D eigenvalue weighted by Gasteiger charge is -2.16. The highest BCUT2D eigenvalue weighted by Crippen LogP contribution is 2.28. The van der Waals surface area contributed by atoms with E-state index in [1.165, 1.54) is 5.56 Å². The number of hydrogen-bond donors (Lipinski definition) is 1. The van der Waals surface area contributed by atoms with E-state index in [1.807, 2.05) is 7.05 Å². The van der Waals surface area contributed by atoms with Crippen LogP contribution in [0.2, 0.25) is 0 Å². The summed E-state index contributed by atoms with van der Waals surface area (Å²) in [6.07, 6.45) is 3.40. The van der Waals surface area contributed by atoms with E-state index in [0.29, 0.717) is 12.0 Å². The van der Waals surface area contributed by atoms with Gasteiger partial charge in [-0.25, -0.2) is 0 Å². The molecule has 1 N–H and O–H groups in total. The van der Waals surface area contributed by atoms with E-state index in [2.05, 4.69) is 50.4 Å². The molecule has 1 aromatic rings. The Morgan fingerprint density at radius 3 is 2.61 bits per heavy atom. The van der Waals surface area contributed by atoms with Gasteiger partial charge in [-0.3, -0.25) is 0 Å². The topological polar surface area (TPSA) is 21.3 Å². The van der Waals surface area contributed by atoms with Crippen molar-refractivity contribution in [3.05, 3.63) is 29.8 Å². The van der Waals surface area contributed by atoms with E-state index in [9.17, 15) is 0 Å². The summed E-state index contributed by atoms with van der Waals surface area (Å²) in [4.78, 5) is 0. The molecule has 2 heteroatoms. The Bertz CT molecular complexity index is 338. The van der Waals surface area contributed by atoms with Gasteiger partial charge in [-0.15, -0.1) is 0 Å². The normalized spacial score (nSPS) is 14.2. The molecule has 102 valence electrons. The summed E-state index contributed by atoms with van der Waals surface area (Å²) in [6.45, 7) is 7.48. The molecule has 0 saturated heterocycles. The van der Waals surface area contributed by atoms with Crippen LogP contribution in [-0.2, 0) is 0 Å². The molecule has 2 nitrogen and oxygen atoms in total. The standard InChI is InChI=1S/C16H27NO/c1-5-13(2)15-10-6-7-11-16(15)18-12-8-9-14(3)17-4/h6-7,10-11,13-14,17H,5,8-9,12H2,1-4H3. The van der Waals surface area contributed by atoms with Crippen molar-refractivity contribution in [1.29, 1.82) is 0 Å². The minimum absolute atomic E-state index is 0.567. The number of hydrogen-bond acceptors (Lipinski definition) is 2. The molecule has 0 amide bonds. The lowest BCUT2D eigenvalue weighted by molar-refractivity contribution is 0.295. The van der Waals surface area contributed by atoms with Crippen LogP contribution in [0.3, 0.4) is 0 Å². The predicted octanol–water partition coefficient (Wildman–Crippen LogP) is 3.97. The smallest absolute Gasteiger partial charge is 0.122 e. The van der Waals surface area contributed by atoms with E-state index < -0.39 is 0 Å². The van der Waals surface area contributed by atoms with Crippen LogP contribution in [-0.4, -0.2) is 19.7 Å². The molecule has 0 saturated carbocycles. The molecule has 0 aliphatic carbocycles. The molecule has 0 bridgehead atoms. The lowest BCUT2D eigenvalue weighted by atomic mass is 9.98. The Hall–Kier alpha value is -1.02. The molecule has 2 atom stereocenters. The number of benzene rings is 1. The Morgan fingerprint density at radius 2 is 1.94 bits per heavy atom. The van der Waals surface area contributed by atoms with Gasteiger partial charge in [0.2, 0.25) is 0 Å². The highest BCUT2D eigenvalue weighted by atomic mass is 16.5. The van der Waals surface area contributed by atoms with Crippen LogP contribution >= 0.6 is 0 Å². The van der Waals surface area contributed by atoms with Crippen LogP contribution in [0.1, 0.15) is 51.5 Å². The largest absolute Gasteiger partial charge is 0.493 e. The van der Waals surface area contributed by atoms with Gasteiger partial charge in [-0.2, -0.15) is 0 Å². The highest BCUT2D eigenvalue weighted by Gasteiger charge is 2.09. The quantitative estimate of drug-likeness (QED) is 0.704. The van der Waals surface area contributed by atoms with Crippen LogP contribution < -0.4 is 10.1 Å². The van der Waals surface area contributed by atoms with Gasteiger partial charge in [0.1, 0.15) is 5.75 Å². The predicted molar refractivity (Wildman–Crippen MR) is 78.4 cm³/mol. The maximum Gasteiger partial charge on any atom is 0.122 e. The Balaban J connectivity index is 2.46. The fourth-order valence-corrected chi connectivity index (χ4v) is 1.95. The second kappa shape index (κ2) is 8.15. The summed E-state index contributed by atoms with van der Waals surface area (Å²) < 4.78 is 5.93. The summed E-state index contributed by atoms with van der Waals surface area (Å²) in [6, 6.07) is 8.98. The van der Waals surface area contributed by atoms with Crippen molar-refractivity contribution in [1.82, 2.24) is 5.32 Å². The number of rotatable bonds is 8. The number of para-hydroxylation sites is 1. The van der Waals surface area contributed by atoms with Gasteiger partial charge in [0.25, 0.3) is 0 Å². The van der Waals surface area contributed by atoms with Gasteiger partial charge in [0.15, 0.2) is 0 Å². The molecule has 0 aliphatic heterocycles. The molecule has 0 radical (unpaired) electrons. The summed E-state index contributed by atoms with van der Waals surface area (Å²) in [7, 11) is 2.00. The van der Waals surface area contributed by atoms with Crippen LogP contribution in [0.15, 0.2) is 24.3 Å². The van der Waals surface area contributed by atoms with Crippen molar-refractivity contribution in [3.8, 4) is 5.75 Å². The molecule has 0 aromatic heterocycles. The van der Waals surface area contributed by atoms with E-state index in [0.717, 1.165) is 31.6 Å². The third-order valence-corrected chi connectivity index (χ3v) is 3.59. The van der Waals surface area contributed by atoms with Crippen molar-refractivity contribution < 1.29 is 4.74 Å². The van der Waals surface area contributed by atoms with Crippen LogP contribution in [0, 0.1) is 0 Å². The van der Waals surface area contributed by atoms with Crippen LogP contribution in [0.4, 0.5) is 0 Å². The molecule has 18 heavy (non-hydrogen) atoms. The zero-order chi connectivity index (χ0) is 13.4. The first-order chi connectivity index (χ1) is 8.69. The molecular formula is C16H27NO. The molecule has 1 rings (SSSR count). The van der Waals surface area contributed by atoms with Crippen LogP contribution in [0.5, 0.6) is 5.75 Å². The summed E-state index contributed by atoms with van der Waals surface area (Å²) >= 11 is 0. The van der Waals surface area contributed by atoms with Crippen molar-refractivity contribution in [2.45, 2.75) is 52.0 Å². The molecule has 2 unspecified atom stereocenters. The lowest BCUT2D eigenvalue weighted by Crippen LogP contribution is -2.21. The summed E-state index contributed by atoms with van der Waals surface area (Å²) in [5.74, 6) is 1.63. The zero-order valence-electron chi connectivity index (χ0n) is 12.2. The minimum Gasteiger partial charge on any atom is -0.493 e. The molecule has 0 fully saturated rings. The van der Waals surface area contributed by atoms with E-state index in [1.54, 1.807) is 0 Å². The molecule has 0 heterocycles. The zero-order valence-corrected chi connectivity index (χ0v) is 12.2. The average molecular weight is 249 g/mol. The minimum atomic E-state index is 0.567. The maximum atomic E-state index is 5.93. The fraction of sp³-hybridized carbons (Fsp3) is 0.625. The second-order valence-electron chi connectivity index (χ2n) is 5.03. The molecular weight excluding hydrogens is 222 g/mol. The van der Waals surface area contributed by atoms with Gasteiger partial charge in [-0.1, -0.05) is 32.0 Å². The van der Waals surface area contributed by atoms with Gasteiger partial charge >= 0.3 is 0 Å². The van der Waals surface area contributed by atoms with Crippen LogP contribution in [0.25, 0.3) is 0 Å². The van der Waals surface area contributed by atoms with E-state index in [4.69, 9.17) is 4.74 Å². The fourth-order valence-electron chi connectivity index (χ4n) is 1.95. The SMILES string of the molecule is CCC(C)c1ccccc1OCCCC(C)NC. The summed E-state index contributed by atoms with van der Waals surface area (Å²) in [5.41, 5.74) is 1.33. The monoisotopic (exact) mass is 249 g/mol. The highest BCUT2D eigenvalue weighted by molar-refractivity contribution is 5.35. The summed E-state index contributed by atoms with van der Waals surface area (Å²) in [5, 5.41) is 3.25. The van der Waals surface area contributed by atoms with Gasteiger partial charge < -0.3 is 10.1 Å². The van der Waals surface area contributed by atoms with E-state index >= 15 is 0 Å². The second-order valence-corrected chi connectivity index (χ2v) is 5.03. The average Bonchev–Trinajstić information content (AvgIpc) is 2.42. The Morgan fingerprint density at radius 1 is 1.22 bits per heavy atom. The van der Waals surface area contributed by atoms with Crippen molar-refractivity contribution >= 4 is 0 Å². The third kappa shape index (κ3) is 4.69. The molecule has 0 aliphatic rings.